The Morgan fingerprint density at radius 2 is 1.92 bits per heavy atom. The van der Waals surface area contributed by atoms with Crippen LogP contribution in [-0.4, -0.2) is 25.1 Å². The first-order valence-corrected chi connectivity index (χ1v) is 7.68. The first-order valence-electron chi connectivity index (χ1n) is 7.68. The molecule has 0 aliphatic heterocycles. The molecular formula is C19H18N2O4. The maximum Gasteiger partial charge on any atom is 0.251 e. The van der Waals surface area contributed by atoms with Crippen LogP contribution in [0.2, 0.25) is 0 Å². The van der Waals surface area contributed by atoms with Gasteiger partial charge < -0.3 is 19.2 Å². The van der Waals surface area contributed by atoms with Gasteiger partial charge in [0, 0.05) is 35.6 Å². The van der Waals surface area contributed by atoms with Crippen molar-refractivity contribution in [3.8, 4) is 22.6 Å². The monoisotopic (exact) mass is 338 g/mol. The highest BCUT2D eigenvalue weighted by molar-refractivity contribution is 5.94. The van der Waals surface area contributed by atoms with Crippen molar-refractivity contribution in [1.29, 1.82) is 0 Å². The fourth-order valence-corrected chi connectivity index (χ4v) is 2.43. The summed E-state index contributed by atoms with van der Waals surface area (Å²) in [5.74, 6) is 0.893. The molecule has 3 rings (SSSR count). The Bertz CT molecular complexity index is 860. The summed E-state index contributed by atoms with van der Waals surface area (Å²) in [4.78, 5) is 16.6. The Balaban J connectivity index is 1.69. The number of aromatic nitrogens is 1. The highest BCUT2D eigenvalue weighted by Gasteiger charge is 2.11. The fourth-order valence-electron chi connectivity index (χ4n) is 2.43. The van der Waals surface area contributed by atoms with E-state index >= 15 is 0 Å². The molecule has 0 bridgehead atoms. The highest BCUT2D eigenvalue weighted by Crippen LogP contribution is 2.27. The molecule has 2 heterocycles. The third-order valence-corrected chi connectivity index (χ3v) is 3.75. The van der Waals surface area contributed by atoms with Gasteiger partial charge in [-0.3, -0.25) is 9.78 Å². The van der Waals surface area contributed by atoms with E-state index < -0.39 is 0 Å². The maximum absolute atomic E-state index is 12.4. The van der Waals surface area contributed by atoms with Crippen molar-refractivity contribution in [3.05, 3.63) is 66.4 Å². The van der Waals surface area contributed by atoms with E-state index in [2.05, 4.69) is 10.3 Å². The largest absolute Gasteiger partial charge is 0.493 e. The SMILES string of the molecule is COc1ccc(C(=O)NCc2cncc(-c3ccoc3)c2)cc1OC. The van der Waals surface area contributed by atoms with Gasteiger partial charge in [0.2, 0.25) is 0 Å². The normalized spacial score (nSPS) is 10.3. The highest BCUT2D eigenvalue weighted by atomic mass is 16.5. The molecular weight excluding hydrogens is 320 g/mol. The van der Waals surface area contributed by atoms with Crippen molar-refractivity contribution < 1.29 is 18.7 Å². The van der Waals surface area contributed by atoms with E-state index in [4.69, 9.17) is 13.9 Å². The molecule has 0 spiro atoms. The Morgan fingerprint density at radius 1 is 1.08 bits per heavy atom. The minimum atomic E-state index is -0.199. The molecule has 0 saturated carbocycles. The van der Waals surface area contributed by atoms with Crippen LogP contribution in [0.25, 0.3) is 11.1 Å². The average molecular weight is 338 g/mol. The first-order chi connectivity index (χ1) is 12.2. The zero-order chi connectivity index (χ0) is 17.6. The molecule has 1 amide bonds. The lowest BCUT2D eigenvalue weighted by Crippen LogP contribution is -2.22. The second-order valence-corrected chi connectivity index (χ2v) is 5.35. The third kappa shape index (κ3) is 3.80. The maximum atomic E-state index is 12.4. The topological polar surface area (TPSA) is 73.6 Å². The molecule has 1 N–H and O–H groups in total. The summed E-state index contributed by atoms with van der Waals surface area (Å²) < 4.78 is 15.5. The van der Waals surface area contributed by atoms with Gasteiger partial charge in [-0.2, -0.15) is 0 Å². The Morgan fingerprint density at radius 3 is 2.64 bits per heavy atom. The number of pyridine rings is 1. The number of nitrogens with zero attached hydrogens (tertiary/aromatic N) is 1. The quantitative estimate of drug-likeness (QED) is 0.746. The van der Waals surface area contributed by atoms with Gasteiger partial charge in [0.1, 0.15) is 0 Å². The molecule has 0 radical (unpaired) electrons. The number of benzene rings is 1. The van der Waals surface area contributed by atoms with Crippen molar-refractivity contribution in [1.82, 2.24) is 10.3 Å². The fraction of sp³-hybridized carbons (Fsp3) is 0.158. The molecule has 25 heavy (non-hydrogen) atoms. The van der Waals surface area contributed by atoms with E-state index in [1.807, 2.05) is 12.1 Å². The van der Waals surface area contributed by atoms with Gasteiger partial charge in [0.25, 0.3) is 5.91 Å². The Kier molecular flexibility index (Phi) is 4.99. The number of hydrogen-bond donors (Lipinski definition) is 1. The van der Waals surface area contributed by atoms with Gasteiger partial charge in [0.05, 0.1) is 26.7 Å². The summed E-state index contributed by atoms with van der Waals surface area (Å²) in [5, 5.41) is 2.88. The van der Waals surface area contributed by atoms with Crippen molar-refractivity contribution in [3.63, 3.8) is 0 Å². The average Bonchev–Trinajstić information content (AvgIpc) is 3.20. The number of amides is 1. The van der Waals surface area contributed by atoms with Crippen LogP contribution in [0.5, 0.6) is 11.5 Å². The van der Waals surface area contributed by atoms with Crippen LogP contribution in [-0.2, 0) is 6.54 Å². The van der Waals surface area contributed by atoms with Gasteiger partial charge in [0.15, 0.2) is 11.5 Å². The van der Waals surface area contributed by atoms with E-state index in [9.17, 15) is 4.79 Å². The molecule has 0 atom stereocenters. The molecule has 128 valence electrons. The predicted octanol–water partition coefficient (Wildman–Crippen LogP) is 3.29. The van der Waals surface area contributed by atoms with E-state index in [0.29, 0.717) is 23.6 Å². The molecule has 0 unspecified atom stereocenters. The molecule has 0 aliphatic rings. The summed E-state index contributed by atoms with van der Waals surface area (Å²) in [6.45, 7) is 0.367. The number of hydrogen-bond acceptors (Lipinski definition) is 5. The molecule has 6 nitrogen and oxygen atoms in total. The summed E-state index contributed by atoms with van der Waals surface area (Å²) in [6, 6.07) is 8.87. The number of carbonyl (C=O) groups is 1. The lowest BCUT2D eigenvalue weighted by atomic mass is 10.1. The van der Waals surface area contributed by atoms with Crippen LogP contribution in [0.4, 0.5) is 0 Å². The molecule has 0 aliphatic carbocycles. The Hall–Kier alpha value is -3.28. The molecule has 3 aromatic rings. The van der Waals surface area contributed by atoms with E-state index in [0.717, 1.165) is 16.7 Å². The minimum absolute atomic E-state index is 0.199. The number of carbonyl (C=O) groups excluding carboxylic acids is 1. The van der Waals surface area contributed by atoms with E-state index in [1.54, 1.807) is 50.2 Å². The van der Waals surface area contributed by atoms with Crippen LogP contribution in [0, 0.1) is 0 Å². The second-order valence-electron chi connectivity index (χ2n) is 5.35. The Labute approximate surface area is 145 Å². The lowest BCUT2D eigenvalue weighted by Gasteiger charge is -2.10. The van der Waals surface area contributed by atoms with E-state index in [1.165, 1.54) is 7.11 Å². The smallest absolute Gasteiger partial charge is 0.251 e. The third-order valence-electron chi connectivity index (χ3n) is 3.75. The minimum Gasteiger partial charge on any atom is -0.493 e. The van der Waals surface area contributed by atoms with Crippen LogP contribution in [0.15, 0.2) is 59.7 Å². The van der Waals surface area contributed by atoms with Crippen LogP contribution in [0.3, 0.4) is 0 Å². The van der Waals surface area contributed by atoms with Crippen LogP contribution in [0.1, 0.15) is 15.9 Å². The zero-order valence-electron chi connectivity index (χ0n) is 14.0. The molecule has 0 saturated heterocycles. The van der Waals surface area contributed by atoms with Crippen molar-refractivity contribution in [2.75, 3.05) is 14.2 Å². The van der Waals surface area contributed by atoms with Gasteiger partial charge in [-0.25, -0.2) is 0 Å². The second kappa shape index (κ2) is 7.53. The standard InChI is InChI=1S/C19H18N2O4/c1-23-17-4-3-14(8-18(17)24-2)19(22)21-10-13-7-16(11-20-9-13)15-5-6-25-12-15/h3-9,11-12H,10H2,1-2H3,(H,21,22). The summed E-state index contributed by atoms with van der Waals surface area (Å²) in [6.07, 6.45) is 6.74. The first kappa shape index (κ1) is 16.6. The van der Waals surface area contributed by atoms with Crippen molar-refractivity contribution >= 4 is 5.91 Å². The molecule has 6 heteroatoms. The zero-order valence-corrected chi connectivity index (χ0v) is 14.0. The lowest BCUT2D eigenvalue weighted by molar-refractivity contribution is 0.0950. The summed E-state index contributed by atoms with van der Waals surface area (Å²) in [5.41, 5.74) is 3.27. The summed E-state index contributed by atoms with van der Waals surface area (Å²) >= 11 is 0. The van der Waals surface area contributed by atoms with Crippen molar-refractivity contribution in [2.45, 2.75) is 6.54 Å². The summed E-state index contributed by atoms with van der Waals surface area (Å²) in [7, 11) is 3.09. The number of nitrogens with one attached hydrogen (secondary N) is 1. The number of methoxy groups -OCH3 is 2. The van der Waals surface area contributed by atoms with Crippen LogP contribution >= 0.6 is 0 Å². The predicted molar refractivity (Wildman–Crippen MR) is 92.7 cm³/mol. The van der Waals surface area contributed by atoms with Gasteiger partial charge >= 0.3 is 0 Å². The van der Waals surface area contributed by atoms with Gasteiger partial charge in [-0.05, 0) is 35.9 Å². The number of ether oxygens (including phenoxy) is 2. The van der Waals surface area contributed by atoms with Crippen molar-refractivity contribution in [2.24, 2.45) is 0 Å². The number of furan rings is 1. The van der Waals surface area contributed by atoms with E-state index in [-0.39, 0.29) is 5.91 Å². The van der Waals surface area contributed by atoms with Gasteiger partial charge in [-0.1, -0.05) is 0 Å². The van der Waals surface area contributed by atoms with Crippen LogP contribution < -0.4 is 14.8 Å². The molecule has 1 aromatic carbocycles. The molecule has 0 fully saturated rings. The molecule has 2 aromatic heterocycles. The van der Waals surface area contributed by atoms with Gasteiger partial charge in [-0.15, -0.1) is 0 Å². The number of rotatable bonds is 6.